The van der Waals surface area contributed by atoms with Gasteiger partial charge in [0.15, 0.2) is 0 Å². The van der Waals surface area contributed by atoms with Crippen molar-refractivity contribution in [1.29, 1.82) is 0 Å². The van der Waals surface area contributed by atoms with Crippen LogP contribution in [0.4, 0.5) is 0 Å². The lowest BCUT2D eigenvalue weighted by Crippen LogP contribution is -2.46. The highest BCUT2D eigenvalue weighted by Crippen LogP contribution is 2.41. The smallest absolute Gasteiger partial charge is 0.0835 e. The van der Waals surface area contributed by atoms with Crippen LogP contribution in [-0.4, -0.2) is 28.4 Å². The van der Waals surface area contributed by atoms with Crippen molar-refractivity contribution in [1.82, 2.24) is 15.5 Å². The number of aromatic amines is 1. The number of ether oxygens (including phenoxy) is 1. The van der Waals surface area contributed by atoms with Crippen LogP contribution in [0.3, 0.4) is 0 Å². The number of H-pyrrole nitrogens is 1. The summed E-state index contributed by atoms with van der Waals surface area (Å²) in [4.78, 5) is 0. The lowest BCUT2D eigenvalue weighted by atomic mass is 9.94. The van der Waals surface area contributed by atoms with Gasteiger partial charge in [0, 0.05) is 31.1 Å². The van der Waals surface area contributed by atoms with Crippen molar-refractivity contribution < 1.29 is 4.74 Å². The first kappa shape index (κ1) is 10.3. The quantitative estimate of drug-likeness (QED) is 0.815. The molecule has 1 aromatic heterocycles. The van der Waals surface area contributed by atoms with E-state index in [-0.39, 0.29) is 5.60 Å². The fourth-order valence-corrected chi connectivity index (χ4v) is 3.14. The molecule has 1 aliphatic heterocycles. The van der Waals surface area contributed by atoms with Gasteiger partial charge in [-0.25, -0.2) is 0 Å². The average Bonchev–Trinajstić information content (AvgIpc) is 3.01. The van der Waals surface area contributed by atoms with Crippen molar-refractivity contribution in [3.05, 3.63) is 18.0 Å². The summed E-state index contributed by atoms with van der Waals surface area (Å²) in [5.41, 5.74) is 1.31. The zero-order valence-corrected chi connectivity index (χ0v) is 9.54. The maximum Gasteiger partial charge on any atom is 0.0835 e. The molecule has 1 saturated carbocycles. The Bertz CT molecular complexity index is 325. The Morgan fingerprint density at radius 2 is 2.44 bits per heavy atom. The third kappa shape index (κ3) is 1.76. The number of nitrogens with one attached hydrogen (secondary N) is 2. The molecule has 0 amide bonds. The number of hydrogen-bond donors (Lipinski definition) is 2. The molecule has 1 aromatic rings. The first-order valence-electron chi connectivity index (χ1n) is 6.25. The van der Waals surface area contributed by atoms with Gasteiger partial charge in [0.25, 0.3) is 0 Å². The minimum Gasteiger partial charge on any atom is -0.373 e. The Hall–Kier alpha value is -0.870. The molecule has 0 bridgehead atoms. The maximum absolute atomic E-state index is 6.00. The van der Waals surface area contributed by atoms with Gasteiger partial charge in [0.05, 0.1) is 5.60 Å². The fraction of sp³-hybridized carbons (Fsp3) is 0.750. The van der Waals surface area contributed by atoms with Gasteiger partial charge >= 0.3 is 0 Å². The predicted molar refractivity (Wildman–Crippen MR) is 61.0 cm³/mol. The minimum absolute atomic E-state index is 0.153. The standard InChI is InChI=1S/C12H19N3O/c1-3-11(12(5-1)6-2-8-16-12)13-9-10-4-7-14-15-10/h4,7,11,13H,1-3,5-6,8-9H2,(H,14,15)/t11-,12+/m1/s1. The predicted octanol–water partition coefficient (Wildman–Crippen LogP) is 1.60. The van der Waals surface area contributed by atoms with E-state index in [1.807, 2.05) is 6.07 Å². The van der Waals surface area contributed by atoms with Gasteiger partial charge in [-0.15, -0.1) is 0 Å². The van der Waals surface area contributed by atoms with E-state index in [4.69, 9.17) is 4.74 Å². The number of aromatic nitrogens is 2. The van der Waals surface area contributed by atoms with Crippen molar-refractivity contribution in [2.75, 3.05) is 6.61 Å². The molecule has 16 heavy (non-hydrogen) atoms. The van der Waals surface area contributed by atoms with Gasteiger partial charge in [-0.05, 0) is 38.2 Å². The molecule has 4 nitrogen and oxygen atoms in total. The van der Waals surface area contributed by atoms with Crippen molar-refractivity contribution in [2.24, 2.45) is 0 Å². The van der Waals surface area contributed by atoms with Crippen LogP contribution in [0, 0.1) is 0 Å². The fourth-order valence-electron chi connectivity index (χ4n) is 3.14. The number of hydrogen-bond acceptors (Lipinski definition) is 3. The zero-order chi connectivity index (χ0) is 10.8. The summed E-state index contributed by atoms with van der Waals surface area (Å²) in [5, 5.41) is 10.6. The third-order valence-corrected chi connectivity index (χ3v) is 3.96. The second kappa shape index (κ2) is 4.18. The number of nitrogens with zero attached hydrogens (tertiary/aromatic N) is 1. The van der Waals surface area contributed by atoms with Crippen LogP contribution in [-0.2, 0) is 11.3 Å². The lowest BCUT2D eigenvalue weighted by Gasteiger charge is -2.31. The molecule has 2 atom stereocenters. The van der Waals surface area contributed by atoms with Gasteiger partial charge in [0.2, 0.25) is 0 Å². The molecule has 0 aromatic carbocycles. The molecular formula is C12H19N3O. The number of rotatable bonds is 3. The first-order chi connectivity index (χ1) is 7.89. The second-order valence-corrected chi connectivity index (χ2v) is 4.92. The van der Waals surface area contributed by atoms with Crippen LogP contribution in [0.25, 0.3) is 0 Å². The Morgan fingerprint density at radius 1 is 1.50 bits per heavy atom. The highest BCUT2D eigenvalue weighted by molar-refractivity contribution is 5.03. The van der Waals surface area contributed by atoms with E-state index in [1.54, 1.807) is 6.20 Å². The Kier molecular flexibility index (Phi) is 2.69. The van der Waals surface area contributed by atoms with Crippen LogP contribution in [0.2, 0.25) is 0 Å². The summed E-state index contributed by atoms with van der Waals surface area (Å²) in [6.45, 7) is 1.82. The normalized spacial score (nSPS) is 33.9. The monoisotopic (exact) mass is 221 g/mol. The van der Waals surface area contributed by atoms with Crippen LogP contribution >= 0.6 is 0 Å². The van der Waals surface area contributed by atoms with Crippen LogP contribution in [0.1, 0.15) is 37.8 Å². The Labute approximate surface area is 95.8 Å². The molecule has 2 aliphatic rings. The molecule has 1 aliphatic carbocycles. The highest BCUT2D eigenvalue weighted by Gasteiger charge is 2.45. The topological polar surface area (TPSA) is 49.9 Å². The maximum atomic E-state index is 6.00. The van der Waals surface area contributed by atoms with Gasteiger partial charge in [-0.3, -0.25) is 5.10 Å². The van der Waals surface area contributed by atoms with E-state index in [1.165, 1.54) is 32.1 Å². The van der Waals surface area contributed by atoms with E-state index in [2.05, 4.69) is 15.5 Å². The van der Waals surface area contributed by atoms with Gasteiger partial charge in [-0.2, -0.15) is 5.10 Å². The van der Waals surface area contributed by atoms with Crippen molar-refractivity contribution in [3.63, 3.8) is 0 Å². The highest BCUT2D eigenvalue weighted by atomic mass is 16.5. The first-order valence-corrected chi connectivity index (χ1v) is 6.25. The zero-order valence-electron chi connectivity index (χ0n) is 9.54. The summed E-state index contributed by atoms with van der Waals surface area (Å²) in [7, 11) is 0. The van der Waals surface area contributed by atoms with Crippen molar-refractivity contribution in [2.45, 2.75) is 50.3 Å². The summed E-state index contributed by atoms with van der Waals surface area (Å²) >= 11 is 0. The van der Waals surface area contributed by atoms with Gasteiger partial charge in [0.1, 0.15) is 0 Å². The summed E-state index contributed by atoms with van der Waals surface area (Å²) in [6, 6.07) is 2.54. The molecule has 2 heterocycles. The molecular weight excluding hydrogens is 202 g/mol. The van der Waals surface area contributed by atoms with E-state index >= 15 is 0 Å². The molecule has 4 heteroatoms. The van der Waals surface area contributed by atoms with Crippen molar-refractivity contribution in [3.8, 4) is 0 Å². The van der Waals surface area contributed by atoms with E-state index in [9.17, 15) is 0 Å². The van der Waals surface area contributed by atoms with E-state index < -0.39 is 0 Å². The lowest BCUT2D eigenvalue weighted by molar-refractivity contribution is -0.0116. The van der Waals surface area contributed by atoms with Crippen LogP contribution in [0.15, 0.2) is 12.3 Å². The molecule has 3 rings (SSSR count). The summed E-state index contributed by atoms with van der Waals surface area (Å²) in [6.07, 6.45) is 8.02. The largest absolute Gasteiger partial charge is 0.373 e. The Balaban J connectivity index is 1.61. The molecule has 0 unspecified atom stereocenters. The molecule has 0 radical (unpaired) electrons. The summed E-state index contributed by atoms with van der Waals surface area (Å²) in [5.74, 6) is 0. The molecule has 1 spiro atoms. The second-order valence-electron chi connectivity index (χ2n) is 4.92. The molecule has 2 N–H and O–H groups in total. The van der Waals surface area contributed by atoms with Gasteiger partial charge in [-0.1, -0.05) is 0 Å². The SMILES string of the molecule is c1cc(CN[C@@H]2CCC[C@]23CCCO3)[nH]n1. The van der Waals surface area contributed by atoms with E-state index in [0.717, 1.165) is 18.8 Å². The summed E-state index contributed by atoms with van der Waals surface area (Å²) < 4.78 is 6.00. The van der Waals surface area contributed by atoms with Gasteiger partial charge < -0.3 is 10.1 Å². The molecule has 2 fully saturated rings. The third-order valence-electron chi connectivity index (χ3n) is 3.96. The molecule has 88 valence electrons. The van der Waals surface area contributed by atoms with Crippen LogP contribution < -0.4 is 5.32 Å². The van der Waals surface area contributed by atoms with Crippen LogP contribution in [0.5, 0.6) is 0 Å². The Morgan fingerprint density at radius 3 is 3.19 bits per heavy atom. The van der Waals surface area contributed by atoms with Crippen molar-refractivity contribution >= 4 is 0 Å². The average molecular weight is 221 g/mol. The van der Waals surface area contributed by atoms with E-state index in [0.29, 0.717) is 6.04 Å². The minimum atomic E-state index is 0.153. The molecule has 1 saturated heterocycles.